The number of anilines is 1. The molecular weight excluding hydrogens is 328 g/mol. The van der Waals surface area contributed by atoms with E-state index in [0.717, 1.165) is 46.2 Å². The highest BCUT2D eigenvalue weighted by atomic mass is 32.1. The Morgan fingerprint density at radius 1 is 1.39 bits per heavy atom. The summed E-state index contributed by atoms with van der Waals surface area (Å²) in [5.74, 6) is 1.02. The molecule has 0 saturated carbocycles. The lowest BCUT2D eigenvalue weighted by Crippen LogP contribution is -2.39. The maximum atomic E-state index is 5.93. The minimum atomic E-state index is 0.0248. The van der Waals surface area contributed by atoms with Gasteiger partial charge in [-0.2, -0.15) is 0 Å². The van der Waals surface area contributed by atoms with Crippen LogP contribution in [-0.4, -0.2) is 34.6 Å². The van der Waals surface area contributed by atoms with Crippen LogP contribution >= 0.6 is 22.7 Å². The van der Waals surface area contributed by atoms with Gasteiger partial charge in [-0.15, -0.1) is 22.7 Å². The van der Waals surface area contributed by atoms with Crippen molar-refractivity contribution in [1.29, 1.82) is 0 Å². The number of thiophene rings is 1. The van der Waals surface area contributed by atoms with Gasteiger partial charge >= 0.3 is 0 Å². The number of thiazole rings is 1. The number of morpholine rings is 1. The Balaban J connectivity index is 1.66. The van der Waals surface area contributed by atoms with Gasteiger partial charge in [0.15, 0.2) is 0 Å². The van der Waals surface area contributed by atoms with Crippen molar-refractivity contribution in [3.8, 4) is 0 Å². The van der Waals surface area contributed by atoms with Crippen molar-refractivity contribution in [2.45, 2.75) is 26.4 Å². The maximum absolute atomic E-state index is 5.93. The third kappa shape index (κ3) is 2.84. The predicted octanol–water partition coefficient (Wildman–Crippen LogP) is 3.60. The average Bonchev–Trinajstić information content (AvgIpc) is 3.20. The molecule has 3 aromatic rings. The first kappa shape index (κ1) is 15.0. The van der Waals surface area contributed by atoms with Crippen molar-refractivity contribution in [2.24, 2.45) is 0 Å². The van der Waals surface area contributed by atoms with Crippen LogP contribution in [0, 0.1) is 6.92 Å². The molecule has 1 atom stereocenters. The van der Waals surface area contributed by atoms with Crippen LogP contribution < -0.4 is 4.90 Å². The third-order valence-corrected chi connectivity index (χ3v) is 6.23. The number of rotatable bonds is 3. The van der Waals surface area contributed by atoms with Crippen molar-refractivity contribution in [3.05, 3.63) is 33.4 Å². The largest absolute Gasteiger partial charge is 0.367 e. The van der Waals surface area contributed by atoms with Crippen LogP contribution in [0.2, 0.25) is 0 Å². The molecule has 0 radical (unpaired) electrons. The van der Waals surface area contributed by atoms with Crippen LogP contribution in [0.1, 0.15) is 28.6 Å². The number of aromatic nitrogens is 3. The van der Waals surface area contributed by atoms with Gasteiger partial charge in [-0.3, -0.25) is 0 Å². The highest BCUT2D eigenvalue weighted by molar-refractivity contribution is 7.18. The zero-order chi connectivity index (χ0) is 15.8. The Kier molecular flexibility index (Phi) is 4.00. The molecule has 1 aliphatic rings. The molecule has 4 rings (SSSR count). The van der Waals surface area contributed by atoms with Gasteiger partial charge in [-0.05, 0) is 19.4 Å². The fraction of sp³-hybridized carbons (Fsp3) is 0.438. The topological polar surface area (TPSA) is 51.1 Å². The van der Waals surface area contributed by atoms with Gasteiger partial charge in [-0.1, -0.05) is 6.92 Å². The summed E-state index contributed by atoms with van der Waals surface area (Å²) in [6, 6.07) is 2.23. The van der Waals surface area contributed by atoms with Crippen LogP contribution in [0.15, 0.2) is 17.8 Å². The quantitative estimate of drug-likeness (QED) is 0.725. The lowest BCUT2D eigenvalue weighted by Gasteiger charge is -2.33. The molecular formula is C16H18N4OS2. The summed E-state index contributed by atoms with van der Waals surface area (Å²) in [4.78, 5) is 18.3. The molecule has 0 aliphatic carbocycles. The van der Waals surface area contributed by atoms with Crippen LogP contribution in [0.5, 0.6) is 0 Å². The molecule has 1 fully saturated rings. The molecule has 3 aromatic heterocycles. The Morgan fingerprint density at radius 2 is 2.30 bits per heavy atom. The summed E-state index contributed by atoms with van der Waals surface area (Å²) >= 11 is 3.43. The SMILES string of the molecule is CCc1cc2c(N3CCOC(c4nc(C)cs4)C3)ncnc2s1. The van der Waals surface area contributed by atoms with E-state index in [0.29, 0.717) is 6.61 Å². The minimum Gasteiger partial charge on any atom is -0.367 e. The lowest BCUT2D eigenvalue weighted by atomic mass is 10.2. The summed E-state index contributed by atoms with van der Waals surface area (Å²) in [7, 11) is 0. The summed E-state index contributed by atoms with van der Waals surface area (Å²) in [5, 5.41) is 4.29. The number of hydrogen-bond acceptors (Lipinski definition) is 7. The Morgan fingerprint density at radius 3 is 3.09 bits per heavy atom. The highest BCUT2D eigenvalue weighted by Crippen LogP contribution is 2.33. The zero-order valence-corrected chi connectivity index (χ0v) is 14.8. The summed E-state index contributed by atoms with van der Waals surface area (Å²) in [6.07, 6.45) is 2.73. The standard InChI is InChI=1S/C16H18N4OS2/c1-3-11-6-12-14(17-9-18-15(12)23-11)20-4-5-21-13(7-20)16-19-10(2)8-22-16/h6,8-9,13H,3-5,7H2,1-2H3. The monoisotopic (exact) mass is 346 g/mol. The van der Waals surface area contributed by atoms with E-state index in [4.69, 9.17) is 4.74 Å². The average molecular weight is 346 g/mol. The lowest BCUT2D eigenvalue weighted by molar-refractivity contribution is 0.0394. The molecule has 23 heavy (non-hydrogen) atoms. The van der Waals surface area contributed by atoms with E-state index in [1.165, 1.54) is 4.88 Å². The molecule has 7 heteroatoms. The number of nitrogens with zero attached hydrogens (tertiary/aromatic N) is 4. The normalized spacial score (nSPS) is 18.7. The van der Waals surface area contributed by atoms with E-state index >= 15 is 0 Å². The smallest absolute Gasteiger partial charge is 0.140 e. The van der Waals surface area contributed by atoms with E-state index in [-0.39, 0.29) is 6.10 Å². The molecule has 0 spiro atoms. The fourth-order valence-corrected chi connectivity index (χ4v) is 4.59. The van der Waals surface area contributed by atoms with Gasteiger partial charge in [0.05, 0.1) is 18.5 Å². The Bertz CT molecular complexity index is 828. The molecule has 1 aliphatic heterocycles. The van der Waals surface area contributed by atoms with Crippen molar-refractivity contribution < 1.29 is 4.74 Å². The molecule has 1 saturated heterocycles. The first-order valence-corrected chi connectivity index (χ1v) is 9.46. The highest BCUT2D eigenvalue weighted by Gasteiger charge is 2.26. The second-order valence-electron chi connectivity index (χ2n) is 5.61. The van der Waals surface area contributed by atoms with E-state index < -0.39 is 0 Å². The molecule has 1 unspecified atom stereocenters. The van der Waals surface area contributed by atoms with Crippen LogP contribution in [0.25, 0.3) is 10.2 Å². The Labute approximate surface area is 143 Å². The molecule has 0 bridgehead atoms. The van der Waals surface area contributed by atoms with E-state index in [1.54, 1.807) is 29.0 Å². The van der Waals surface area contributed by atoms with Crippen LogP contribution in [0.4, 0.5) is 5.82 Å². The molecule has 0 amide bonds. The first-order chi connectivity index (χ1) is 11.2. The predicted molar refractivity (Wildman–Crippen MR) is 94.6 cm³/mol. The third-order valence-electron chi connectivity index (χ3n) is 3.99. The van der Waals surface area contributed by atoms with Gasteiger partial charge in [-0.25, -0.2) is 15.0 Å². The summed E-state index contributed by atoms with van der Waals surface area (Å²) in [5.41, 5.74) is 1.06. The summed E-state index contributed by atoms with van der Waals surface area (Å²) < 4.78 is 5.93. The second-order valence-corrected chi connectivity index (χ2v) is 7.62. The summed E-state index contributed by atoms with van der Waals surface area (Å²) in [6.45, 7) is 6.53. The van der Waals surface area contributed by atoms with Crippen LogP contribution in [0.3, 0.4) is 0 Å². The first-order valence-electron chi connectivity index (χ1n) is 7.76. The molecule has 0 aromatic carbocycles. The van der Waals surface area contributed by atoms with E-state index in [1.807, 2.05) is 6.92 Å². The van der Waals surface area contributed by atoms with E-state index in [9.17, 15) is 0 Å². The molecule has 0 N–H and O–H groups in total. The van der Waals surface area contributed by atoms with Gasteiger partial charge in [0.1, 0.15) is 28.1 Å². The van der Waals surface area contributed by atoms with E-state index in [2.05, 4.69) is 38.2 Å². The van der Waals surface area contributed by atoms with Gasteiger partial charge < -0.3 is 9.64 Å². The Hall–Kier alpha value is -1.57. The van der Waals surface area contributed by atoms with Gasteiger partial charge in [0.25, 0.3) is 0 Å². The molecule has 120 valence electrons. The fourth-order valence-electron chi connectivity index (χ4n) is 2.83. The molecule has 4 heterocycles. The second kappa shape index (κ2) is 6.14. The number of hydrogen-bond donors (Lipinski definition) is 0. The zero-order valence-electron chi connectivity index (χ0n) is 13.2. The minimum absolute atomic E-state index is 0.0248. The van der Waals surface area contributed by atoms with Crippen molar-refractivity contribution >= 4 is 38.7 Å². The number of fused-ring (bicyclic) bond motifs is 1. The van der Waals surface area contributed by atoms with Crippen molar-refractivity contribution in [2.75, 3.05) is 24.6 Å². The number of aryl methyl sites for hydroxylation is 2. The van der Waals surface area contributed by atoms with Crippen LogP contribution in [-0.2, 0) is 11.2 Å². The van der Waals surface area contributed by atoms with Crippen molar-refractivity contribution in [1.82, 2.24) is 15.0 Å². The van der Waals surface area contributed by atoms with Crippen molar-refractivity contribution in [3.63, 3.8) is 0 Å². The number of ether oxygens (including phenoxy) is 1. The maximum Gasteiger partial charge on any atom is 0.140 e. The molecule has 5 nitrogen and oxygen atoms in total. The van der Waals surface area contributed by atoms with Gasteiger partial charge in [0.2, 0.25) is 0 Å². The van der Waals surface area contributed by atoms with Gasteiger partial charge in [0, 0.05) is 22.5 Å².